The van der Waals surface area contributed by atoms with Crippen molar-refractivity contribution in [3.8, 4) is 17.1 Å². The Morgan fingerprint density at radius 2 is 1.97 bits per heavy atom. The molecule has 0 bridgehead atoms. The number of rotatable bonds is 9. The van der Waals surface area contributed by atoms with E-state index in [1.807, 2.05) is 41.8 Å². The summed E-state index contributed by atoms with van der Waals surface area (Å²) < 4.78 is 12.5. The molecule has 3 aromatic rings. The molecule has 0 fully saturated rings. The Morgan fingerprint density at radius 3 is 2.72 bits per heavy atom. The number of nitrogens with one attached hydrogen (secondary N) is 1. The van der Waals surface area contributed by atoms with Gasteiger partial charge in [0.05, 0.1) is 31.7 Å². The molecule has 0 aliphatic carbocycles. The number of para-hydroxylation sites is 2. The van der Waals surface area contributed by atoms with Crippen molar-refractivity contribution in [2.75, 3.05) is 31.9 Å². The number of amides is 1. The molecular weight excluding hydrogens is 388 g/mol. The number of carbonyl (C=O) groups excluding carboxylic acids is 1. The molecule has 0 aliphatic heterocycles. The van der Waals surface area contributed by atoms with Crippen molar-refractivity contribution in [2.24, 2.45) is 0 Å². The summed E-state index contributed by atoms with van der Waals surface area (Å²) in [6.07, 6.45) is 0. The average molecular weight is 413 g/mol. The summed E-state index contributed by atoms with van der Waals surface area (Å²) in [6, 6.07) is 15.4. The van der Waals surface area contributed by atoms with Crippen LogP contribution in [-0.2, 0) is 16.1 Å². The van der Waals surface area contributed by atoms with Gasteiger partial charge >= 0.3 is 0 Å². The monoisotopic (exact) mass is 412 g/mol. The first kappa shape index (κ1) is 20.9. The van der Waals surface area contributed by atoms with E-state index in [0.29, 0.717) is 29.7 Å². The van der Waals surface area contributed by atoms with Crippen molar-refractivity contribution in [1.82, 2.24) is 14.8 Å². The first-order valence-electron chi connectivity index (χ1n) is 9.17. The molecule has 152 valence electrons. The summed E-state index contributed by atoms with van der Waals surface area (Å²) in [6.45, 7) is 3.16. The molecular formula is C21H24N4O3S. The maximum atomic E-state index is 12.4. The molecule has 0 saturated heterocycles. The predicted molar refractivity (Wildman–Crippen MR) is 114 cm³/mol. The lowest BCUT2D eigenvalue weighted by atomic mass is 10.1. The van der Waals surface area contributed by atoms with Crippen molar-refractivity contribution in [1.29, 1.82) is 0 Å². The van der Waals surface area contributed by atoms with Gasteiger partial charge in [0, 0.05) is 12.7 Å². The normalized spacial score (nSPS) is 10.7. The van der Waals surface area contributed by atoms with Crippen LogP contribution in [0.25, 0.3) is 11.4 Å². The van der Waals surface area contributed by atoms with Gasteiger partial charge in [0.25, 0.3) is 0 Å². The van der Waals surface area contributed by atoms with Crippen LogP contribution in [0.4, 0.5) is 5.69 Å². The van der Waals surface area contributed by atoms with Crippen LogP contribution in [0, 0.1) is 6.92 Å². The number of aromatic nitrogens is 3. The zero-order valence-electron chi connectivity index (χ0n) is 16.7. The maximum Gasteiger partial charge on any atom is 0.234 e. The molecule has 1 heterocycles. The standard InChI is InChI=1S/C21H24N4O3S/c1-15-7-6-8-16(13-15)20-23-24-21(25(20)11-12-27-2)29-14-19(26)22-17-9-4-5-10-18(17)28-3/h4-10,13H,11-12,14H2,1-3H3,(H,22,26). The van der Waals surface area contributed by atoms with E-state index >= 15 is 0 Å². The van der Waals surface area contributed by atoms with Crippen LogP contribution < -0.4 is 10.1 Å². The van der Waals surface area contributed by atoms with Crippen LogP contribution in [0.1, 0.15) is 5.56 Å². The number of anilines is 1. The fourth-order valence-electron chi connectivity index (χ4n) is 2.84. The quantitative estimate of drug-likeness (QED) is 0.541. The Kier molecular flexibility index (Phi) is 7.26. The minimum Gasteiger partial charge on any atom is -0.495 e. The van der Waals surface area contributed by atoms with E-state index in [1.54, 1.807) is 26.4 Å². The van der Waals surface area contributed by atoms with E-state index in [4.69, 9.17) is 9.47 Å². The molecule has 0 radical (unpaired) electrons. The van der Waals surface area contributed by atoms with Crippen molar-refractivity contribution in [3.63, 3.8) is 0 Å². The second-order valence-corrected chi connectivity index (χ2v) is 7.30. The molecule has 0 atom stereocenters. The minimum absolute atomic E-state index is 0.141. The number of ether oxygens (including phenoxy) is 2. The number of hydrogen-bond acceptors (Lipinski definition) is 6. The third-order valence-electron chi connectivity index (χ3n) is 4.23. The molecule has 2 aromatic carbocycles. The third-order valence-corrected chi connectivity index (χ3v) is 5.19. The zero-order valence-corrected chi connectivity index (χ0v) is 17.5. The summed E-state index contributed by atoms with van der Waals surface area (Å²) in [7, 11) is 3.23. The highest BCUT2D eigenvalue weighted by atomic mass is 32.2. The van der Waals surface area contributed by atoms with Crippen LogP contribution in [0.15, 0.2) is 53.7 Å². The van der Waals surface area contributed by atoms with Gasteiger partial charge in [-0.15, -0.1) is 10.2 Å². The number of thioether (sulfide) groups is 1. The van der Waals surface area contributed by atoms with E-state index < -0.39 is 0 Å². The summed E-state index contributed by atoms with van der Waals surface area (Å²) in [4.78, 5) is 12.4. The molecule has 0 saturated carbocycles. The first-order chi connectivity index (χ1) is 14.1. The Labute approximate surface area is 174 Å². The molecule has 3 rings (SSSR count). The number of carbonyl (C=O) groups is 1. The van der Waals surface area contributed by atoms with Gasteiger partial charge < -0.3 is 14.8 Å². The topological polar surface area (TPSA) is 78.3 Å². The summed E-state index contributed by atoms with van der Waals surface area (Å²) in [5, 5.41) is 12.2. The maximum absolute atomic E-state index is 12.4. The zero-order chi connectivity index (χ0) is 20.6. The van der Waals surface area contributed by atoms with Crippen LogP contribution in [0.3, 0.4) is 0 Å². The number of nitrogens with zero attached hydrogens (tertiary/aromatic N) is 3. The highest BCUT2D eigenvalue weighted by Gasteiger charge is 2.16. The Morgan fingerprint density at radius 1 is 1.14 bits per heavy atom. The van der Waals surface area contributed by atoms with E-state index in [1.165, 1.54) is 11.8 Å². The average Bonchev–Trinajstić information content (AvgIpc) is 3.14. The van der Waals surface area contributed by atoms with Gasteiger partial charge in [0.1, 0.15) is 5.75 Å². The van der Waals surface area contributed by atoms with E-state index in [-0.39, 0.29) is 11.7 Å². The lowest BCUT2D eigenvalue weighted by molar-refractivity contribution is -0.113. The van der Waals surface area contributed by atoms with Gasteiger partial charge in [-0.3, -0.25) is 9.36 Å². The second kappa shape index (κ2) is 10.1. The SMILES string of the molecule is COCCn1c(SCC(=O)Nc2ccccc2OC)nnc1-c1cccc(C)c1. The van der Waals surface area contributed by atoms with Gasteiger partial charge in [0.15, 0.2) is 11.0 Å². The highest BCUT2D eigenvalue weighted by molar-refractivity contribution is 7.99. The van der Waals surface area contributed by atoms with Crippen LogP contribution in [0.2, 0.25) is 0 Å². The van der Waals surface area contributed by atoms with Crippen LogP contribution >= 0.6 is 11.8 Å². The van der Waals surface area contributed by atoms with Gasteiger partial charge in [-0.05, 0) is 25.1 Å². The predicted octanol–water partition coefficient (Wildman–Crippen LogP) is 3.64. The van der Waals surface area contributed by atoms with E-state index in [9.17, 15) is 4.79 Å². The van der Waals surface area contributed by atoms with E-state index in [2.05, 4.69) is 21.6 Å². The number of hydrogen-bond donors (Lipinski definition) is 1. The number of benzene rings is 2. The fourth-order valence-corrected chi connectivity index (χ4v) is 3.61. The first-order valence-corrected chi connectivity index (χ1v) is 10.2. The van der Waals surface area contributed by atoms with E-state index in [0.717, 1.165) is 17.0 Å². The van der Waals surface area contributed by atoms with Crippen molar-refractivity contribution in [3.05, 3.63) is 54.1 Å². The van der Waals surface area contributed by atoms with Crippen molar-refractivity contribution < 1.29 is 14.3 Å². The van der Waals surface area contributed by atoms with Crippen molar-refractivity contribution >= 4 is 23.4 Å². The number of methoxy groups -OCH3 is 2. The molecule has 8 heteroatoms. The van der Waals surface area contributed by atoms with Crippen LogP contribution in [0.5, 0.6) is 5.75 Å². The summed E-state index contributed by atoms with van der Waals surface area (Å²) in [5.41, 5.74) is 2.77. The van der Waals surface area contributed by atoms with Gasteiger partial charge in [-0.2, -0.15) is 0 Å². The van der Waals surface area contributed by atoms with Crippen LogP contribution in [-0.4, -0.2) is 47.3 Å². The number of aryl methyl sites for hydroxylation is 1. The smallest absolute Gasteiger partial charge is 0.234 e. The summed E-state index contributed by atoms with van der Waals surface area (Å²) in [5.74, 6) is 1.45. The second-order valence-electron chi connectivity index (χ2n) is 6.36. The minimum atomic E-state index is -0.141. The molecule has 0 aliphatic rings. The lowest BCUT2D eigenvalue weighted by Crippen LogP contribution is -2.15. The third kappa shape index (κ3) is 5.36. The van der Waals surface area contributed by atoms with Gasteiger partial charge in [-0.1, -0.05) is 47.7 Å². The highest BCUT2D eigenvalue weighted by Crippen LogP contribution is 2.26. The Balaban J connectivity index is 1.74. The Hall–Kier alpha value is -2.84. The molecule has 0 spiro atoms. The largest absolute Gasteiger partial charge is 0.495 e. The molecule has 7 nitrogen and oxygen atoms in total. The molecule has 1 aromatic heterocycles. The lowest BCUT2D eigenvalue weighted by Gasteiger charge is -2.11. The van der Waals surface area contributed by atoms with Crippen molar-refractivity contribution in [2.45, 2.75) is 18.6 Å². The fraction of sp³-hybridized carbons (Fsp3) is 0.286. The molecule has 0 unspecified atom stereocenters. The molecule has 1 N–H and O–H groups in total. The Bertz CT molecular complexity index is 974. The molecule has 1 amide bonds. The molecule has 29 heavy (non-hydrogen) atoms. The summed E-state index contributed by atoms with van der Waals surface area (Å²) >= 11 is 1.34. The van der Waals surface area contributed by atoms with Gasteiger partial charge in [0.2, 0.25) is 5.91 Å². The van der Waals surface area contributed by atoms with Gasteiger partial charge in [-0.25, -0.2) is 0 Å².